The molecule has 14 heavy (non-hydrogen) atoms. The lowest BCUT2D eigenvalue weighted by molar-refractivity contribution is 0.122. The molecule has 1 fully saturated rings. The van der Waals surface area contributed by atoms with Crippen LogP contribution in [-0.2, 0) is 0 Å². The number of rotatable bonds is 3. The van der Waals surface area contributed by atoms with E-state index in [0.717, 1.165) is 25.7 Å². The lowest BCUT2D eigenvalue weighted by atomic mass is 9.91. The summed E-state index contributed by atoms with van der Waals surface area (Å²) in [5.74, 6) is 0.677. The van der Waals surface area contributed by atoms with Crippen molar-refractivity contribution in [3.8, 4) is 0 Å². The molecule has 1 atom stereocenters. The van der Waals surface area contributed by atoms with E-state index in [0.29, 0.717) is 19.0 Å². The molecule has 0 aliphatic carbocycles. The maximum atomic E-state index is 10.6. The highest BCUT2D eigenvalue weighted by Crippen LogP contribution is 2.22. The van der Waals surface area contributed by atoms with E-state index in [9.17, 15) is 4.79 Å². The van der Waals surface area contributed by atoms with Crippen molar-refractivity contribution in [1.82, 2.24) is 4.90 Å². The molecule has 1 rings (SSSR count). The van der Waals surface area contributed by atoms with Crippen LogP contribution in [-0.4, -0.2) is 35.2 Å². The number of likely N-dealkylation sites (tertiary alicyclic amines) is 1. The van der Waals surface area contributed by atoms with Gasteiger partial charge in [0.1, 0.15) is 0 Å². The Labute approximate surface area is 85.1 Å². The molecule has 1 saturated heterocycles. The molecule has 0 bridgehead atoms. The summed E-state index contributed by atoms with van der Waals surface area (Å²) < 4.78 is 0. The summed E-state index contributed by atoms with van der Waals surface area (Å²) in [6, 6.07) is 0.271. The van der Waals surface area contributed by atoms with Gasteiger partial charge in [-0.05, 0) is 38.5 Å². The lowest BCUT2D eigenvalue weighted by Gasteiger charge is -2.30. The van der Waals surface area contributed by atoms with Crippen molar-refractivity contribution in [2.75, 3.05) is 13.1 Å². The second-order valence-electron chi connectivity index (χ2n) is 4.27. The van der Waals surface area contributed by atoms with Crippen LogP contribution in [0.2, 0.25) is 0 Å². The molecule has 0 aromatic rings. The molecule has 82 valence electrons. The summed E-state index contributed by atoms with van der Waals surface area (Å²) in [7, 11) is 0. The Morgan fingerprint density at radius 2 is 2.14 bits per heavy atom. The van der Waals surface area contributed by atoms with Gasteiger partial charge >= 0.3 is 6.09 Å². The SMILES string of the molecule is CC(N)CCC1CCN(C(=O)O)CC1. The Bertz CT molecular complexity index is 187. The van der Waals surface area contributed by atoms with Gasteiger partial charge in [-0.3, -0.25) is 0 Å². The summed E-state index contributed by atoms with van der Waals surface area (Å²) in [4.78, 5) is 12.1. The summed E-state index contributed by atoms with van der Waals surface area (Å²) in [6.07, 6.45) is 3.41. The second-order valence-corrected chi connectivity index (χ2v) is 4.27. The molecule has 1 unspecified atom stereocenters. The van der Waals surface area contributed by atoms with Gasteiger partial charge in [-0.25, -0.2) is 4.79 Å². The van der Waals surface area contributed by atoms with Gasteiger partial charge in [0.2, 0.25) is 0 Å². The normalized spacial score (nSPS) is 20.9. The van der Waals surface area contributed by atoms with E-state index in [1.165, 1.54) is 4.90 Å². The molecule has 4 heteroatoms. The fraction of sp³-hybridized carbons (Fsp3) is 0.900. The topological polar surface area (TPSA) is 66.6 Å². The maximum Gasteiger partial charge on any atom is 0.407 e. The van der Waals surface area contributed by atoms with E-state index in [1.807, 2.05) is 6.92 Å². The monoisotopic (exact) mass is 200 g/mol. The minimum atomic E-state index is -0.782. The van der Waals surface area contributed by atoms with Gasteiger partial charge in [0.15, 0.2) is 0 Å². The second kappa shape index (κ2) is 5.20. The van der Waals surface area contributed by atoms with E-state index >= 15 is 0 Å². The molecule has 0 aromatic heterocycles. The first-order valence-corrected chi connectivity index (χ1v) is 5.33. The fourth-order valence-electron chi connectivity index (χ4n) is 1.91. The molecule has 0 saturated carbocycles. The zero-order valence-corrected chi connectivity index (χ0v) is 8.78. The molecular formula is C10H20N2O2. The predicted octanol–water partition coefficient (Wildman–Crippen LogP) is 1.50. The standard InChI is InChI=1S/C10H20N2O2/c1-8(11)2-3-9-4-6-12(7-5-9)10(13)14/h8-9H,2-7,11H2,1H3,(H,13,14). The van der Waals surface area contributed by atoms with Crippen molar-refractivity contribution in [1.29, 1.82) is 0 Å². The van der Waals surface area contributed by atoms with Crippen LogP contribution in [0.1, 0.15) is 32.6 Å². The third-order valence-electron chi connectivity index (χ3n) is 2.92. The molecule has 1 amide bonds. The van der Waals surface area contributed by atoms with E-state index in [-0.39, 0.29) is 6.04 Å². The van der Waals surface area contributed by atoms with Gasteiger partial charge in [-0.2, -0.15) is 0 Å². The molecule has 0 radical (unpaired) electrons. The highest BCUT2D eigenvalue weighted by Gasteiger charge is 2.21. The number of amides is 1. The molecule has 1 aliphatic heterocycles. The number of hydrogen-bond acceptors (Lipinski definition) is 2. The molecule has 1 aliphatic rings. The number of nitrogens with zero attached hydrogens (tertiary/aromatic N) is 1. The fourth-order valence-corrected chi connectivity index (χ4v) is 1.91. The van der Waals surface area contributed by atoms with Crippen LogP contribution in [0.25, 0.3) is 0 Å². The highest BCUT2D eigenvalue weighted by atomic mass is 16.4. The minimum absolute atomic E-state index is 0.271. The van der Waals surface area contributed by atoms with Gasteiger partial charge in [0, 0.05) is 19.1 Å². The van der Waals surface area contributed by atoms with Crippen molar-refractivity contribution in [2.45, 2.75) is 38.6 Å². The Morgan fingerprint density at radius 1 is 1.57 bits per heavy atom. The largest absolute Gasteiger partial charge is 0.465 e. The molecule has 0 spiro atoms. The average molecular weight is 200 g/mol. The first-order chi connectivity index (χ1) is 6.59. The van der Waals surface area contributed by atoms with Crippen LogP contribution in [0, 0.1) is 5.92 Å². The Balaban J connectivity index is 2.19. The van der Waals surface area contributed by atoms with Crippen LogP contribution in [0.15, 0.2) is 0 Å². The summed E-state index contributed by atoms with van der Waals surface area (Å²) in [5.41, 5.74) is 5.68. The zero-order chi connectivity index (χ0) is 10.6. The van der Waals surface area contributed by atoms with Crippen molar-refractivity contribution >= 4 is 6.09 Å². The van der Waals surface area contributed by atoms with Crippen molar-refractivity contribution in [2.24, 2.45) is 11.7 Å². The number of carbonyl (C=O) groups is 1. The third kappa shape index (κ3) is 3.54. The van der Waals surface area contributed by atoms with E-state index in [4.69, 9.17) is 10.8 Å². The number of nitrogens with two attached hydrogens (primary N) is 1. The Hall–Kier alpha value is -0.770. The molecule has 4 nitrogen and oxygen atoms in total. The minimum Gasteiger partial charge on any atom is -0.465 e. The highest BCUT2D eigenvalue weighted by molar-refractivity contribution is 5.64. The van der Waals surface area contributed by atoms with E-state index in [1.54, 1.807) is 0 Å². The number of hydrogen-bond donors (Lipinski definition) is 2. The van der Waals surface area contributed by atoms with Crippen LogP contribution in [0.4, 0.5) is 4.79 Å². The quantitative estimate of drug-likeness (QED) is 0.725. The van der Waals surface area contributed by atoms with Gasteiger partial charge in [0.25, 0.3) is 0 Å². The van der Waals surface area contributed by atoms with Crippen LogP contribution >= 0.6 is 0 Å². The lowest BCUT2D eigenvalue weighted by Crippen LogP contribution is -2.37. The smallest absolute Gasteiger partial charge is 0.407 e. The van der Waals surface area contributed by atoms with Crippen molar-refractivity contribution in [3.63, 3.8) is 0 Å². The van der Waals surface area contributed by atoms with Crippen LogP contribution in [0.5, 0.6) is 0 Å². The third-order valence-corrected chi connectivity index (χ3v) is 2.92. The van der Waals surface area contributed by atoms with Crippen LogP contribution in [0.3, 0.4) is 0 Å². The van der Waals surface area contributed by atoms with Crippen LogP contribution < -0.4 is 5.73 Å². The zero-order valence-electron chi connectivity index (χ0n) is 8.78. The first kappa shape index (κ1) is 11.3. The van der Waals surface area contributed by atoms with E-state index < -0.39 is 6.09 Å². The van der Waals surface area contributed by atoms with Crippen molar-refractivity contribution in [3.05, 3.63) is 0 Å². The maximum absolute atomic E-state index is 10.6. The summed E-state index contributed by atoms with van der Waals surface area (Å²) in [5, 5.41) is 8.75. The van der Waals surface area contributed by atoms with Gasteiger partial charge in [-0.1, -0.05) is 0 Å². The molecule has 0 aromatic carbocycles. The molecule has 1 heterocycles. The summed E-state index contributed by atoms with van der Waals surface area (Å²) in [6.45, 7) is 3.41. The summed E-state index contributed by atoms with van der Waals surface area (Å²) >= 11 is 0. The Morgan fingerprint density at radius 3 is 2.57 bits per heavy atom. The first-order valence-electron chi connectivity index (χ1n) is 5.33. The van der Waals surface area contributed by atoms with Gasteiger partial charge in [-0.15, -0.1) is 0 Å². The number of carboxylic acid groups (broad SMARTS) is 1. The van der Waals surface area contributed by atoms with E-state index in [2.05, 4.69) is 0 Å². The van der Waals surface area contributed by atoms with Gasteiger partial charge < -0.3 is 15.7 Å². The average Bonchev–Trinajstić information content (AvgIpc) is 2.15. The predicted molar refractivity (Wildman–Crippen MR) is 55.2 cm³/mol. The van der Waals surface area contributed by atoms with Crippen molar-refractivity contribution < 1.29 is 9.90 Å². The number of piperidine rings is 1. The van der Waals surface area contributed by atoms with Gasteiger partial charge in [0.05, 0.1) is 0 Å². The Kier molecular flexibility index (Phi) is 4.20. The molecular weight excluding hydrogens is 180 g/mol. The molecule has 3 N–H and O–H groups in total.